The van der Waals surface area contributed by atoms with Crippen molar-refractivity contribution in [3.8, 4) is 0 Å². The van der Waals surface area contributed by atoms with Gasteiger partial charge in [-0.05, 0) is 31.0 Å². The number of nitrogens with zero attached hydrogens (tertiary/aromatic N) is 1. The van der Waals surface area contributed by atoms with Gasteiger partial charge in [-0.15, -0.1) is 0 Å². The van der Waals surface area contributed by atoms with Gasteiger partial charge in [-0.25, -0.2) is 8.42 Å². The van der Waals surface area contributed by atoms with Crippen LogP contribution in [-0.4, -0.2) is 31.9 Å². The highest BCUT2D eigenvalue weighted by Gasteiger charge is 2.34. The van der Waals surface area contributed by atoms with E-state index in [0.717, 1.165) is 6.07 Å². The molecule has 1 aliphatic heterocycles. The Morgan fingerprint density at radius 2 is 1.76 bits per heavy atom. The summed E-state index contributed by atoms with van der Waals surface area (Å²) >= 11 is 2.93. The van der Waals surface area contributed by atoms with Crippen molar-refractivity contribution in [2.24, 2.45) is 5.73 Å². The zero-order valence-corrected chi connectivity index (χ0v) is 13.3. The highest BCUT2D eigenvalue weighted by Crippen LogP contribution is 2.34. The SMILES string of the molecule is NC1CCN(S(=O)(=O)c2cc(Br)cc(C(F)(F)F)c2)CC1. The number of nitrogens with two attached hydrogens (primary N) is 1. The van der Waals surface area contributed by atoms with Crippen LogP contribution in [0.1, 0.15) is 18.4 Å². The molecule has 1 aromatic carbocycles. The maximum Gasteiger partial charge on any atom is 0.416 e. The van der Waals surface area contributed by atoms with Gasteiger partial charge in [0.15, 0.2) is 0 Å². The van der Waals surface area contributed by atoms with Gasteiger partial charge in [0.1, 0.15) is 0 Å². The Morgan fingerprint density at radius 3 is 2.29 bits per heavy atom. The quantitative estimate of drug-likeness (QED) is 0.849. The molecule has 9 heteroatoms. The summed E-state index contributed by atoms with van der Waals surface area (Å²) in [6.45, 7) is 0.439. The predicted octanol–water partition coefficient (Wildman–Crippen LogP) is 2.58. The van der Waals surface area contributed by atoms with Crippen LogP contribution in [0.3, 0.4) is 0 Å². The molecule has 4 nitrogen and oxygen atoms in total. The normalized spacial score (nSPS) is 18.9. The minimum Gasteiger partial charge on any atom is -0.328 e. The molecule has 2 rings (SSSR count). The van der Waals surface area contributed by atoms with Gasteiger partial charge in [0.25, 0.3) is 0 Å². The molecule has 0 aromatic heterocycles. The van der Waals surface area contributed by atoms with Crippen LogP contribution in [0.15, 0.2) is 27.6 Å². The number of halogens is 4. The molecule has 0 atom stereocenters. The molecular formula is C12H14BrF3N2O2S. The monoisotopic (exact) mass is 386 g/mol. The summed E-state index contributed by atoms with van der Waals surface area (Å²) in [4.78, 5) is -0.361. The summed E-state index contributed by atoms with van der Waals surface area (Å²) in [7, 11) is -3.94. The van der Waals surface area contributed by atoms with Gasteiger partial charge in [0, 0.05) is 23.6 Å². The molecular weight excluding hydrogens is 373 g/mol. The Hall–Kier alpha value is -0.640. The second-order valence-electron chi connectivity index (χ2n) is 4.91. The van der Waals surface area contributed by atoms with Gasteiger partial charge < -0.3 is 5.73 Å². The highest BCUT2D eigenvalue weighted by molar-refractivity contribution is 9.10. The molecule has 0 radical (unpaired) electrons. The maximum atomic E-state index is 12.8. The van der Waals surface area contributed by atoms with E-state index in [1.807, 2.05) is 0 Å². The highest BCUT2D eigenvalue weighted by atomic mass is 79.9. The molecule has 0 unspecified atom stereocenters. The van der Waals surface area contributed by atoms with E-state index in [9.17, 15) is 21.6 Å². The first-order valence-corrected chi connectivity index (χ1v) is 8.47. The average molecular weight is 387 g/mol. The van der Waals surface area contributed by atoms with E-state index in [0.29, 0.717) is 18.9 Å². The zero-order chi connectivity index (χ0) is 15.8. The van der Waals surface area contributed by atoms with Gasteiger partial charge in [0.2, 0.25) is 10.0 Å². The van der Waals surface area contributed by atoms with Crippen molar-refractivity contribution in [2.45, 2.75) is 30.0 Å². The number of benzene rings is 1. The minimum absolute atomic E-state index is 0.0651. The summed E-state index contributed by atoms with van der Waals surface area (Å²) in [5.41, 5.74) is 4.71. The number of rotatable bonds is 2. The molecule has 0 spiro atoms. The maximum absolute atomic E-state index is 12.8. The molecule has 2 N–H and O–H groups in total. The standard InChI is InChI=1S/C12H14BrF3N2O2S/c13-9-5-8(12(14,15)16)6-11(7-9)21(19,20)18-3-1-10(17)2-4-18/h5-7,10H,1-4,17H2. The first-order valence-electron chi connectivity index (χ1n) is 6.24. The van der Waals surface area contributed by atoms with Crippen molar-refractivity contribution >= 4 is 26.0 Å². The number of hydrogen-bond donors (Lipinski definition) is 1. The first-order chi connectivity index (χ1) is 9.60. The second-order valence-corrected chi connectivity index (χ2v) is 7.77. The number of sulfonamides is 1. The van der Waals surface area contributed by atoms with Crippen LogP contribution in [0.4, 0.5) is 13.2 Å². The lowest BCUT2D eigenvalue weighted by Gasteiger charge is -2.29. The van der Waals surface area contributed by atoms with Crippen LogP contribution in [0.5, 0.6) is 0 Å². The van der Waals surface area contributed by atoms with E-state index in [4.69, 9.17) is 5.73 Å². The molecule has 1 aliphatic rings. The van der Waals surface area contributed by atoms with Crippen molar-refractivity contribution < 1.29 is 21.6 Å². The molecule has 0 saturated carbocycles. The van der Waals surface area contributed by atoms with Crippen LogP contribution in [0, 0.1) is 0 Å². The smallest absolute Gasteiger partial charge is 0.328 e. The Kier molecular flexibility index (Phi) is 4.67. The average Bonchev–Trinajstić information content (AvgIpc) is 2.37. The lowest BCUT2D eigenvalue weighted by molar-refractivity contribution is -0.137. The second kappa shape index (κ2) is 5.86. The number of hydrogen-bond acceptors (Lipinski definition) is 3. The van der Waals surface area contributed by atoms with Crippen LogP contribution >= 0.6 is 15.9 Å². The largest absolute Gasteiger partial charge is 0.416 e. The molecule has 1 heterocycles. The van der Waals surface area contributed by atoms with E-state index in [2.05, 4.69) is 15.9 Å². The summed E-state index contributed by atoms with van der Waals surface area (Å²) in [5, 5.41) is 0. The Morgan fingerprint density at radius 1 is 1.19 bits per heavy atom. The van der Waals surface area contributed by atoms with E-state index >= 15 is 0 Å². The lowest BCUT2D eigenvalue weighted by Crippen LogP contribution is -2.42. The first kappa shape index (κ1) is 16.7. The fourth-order valence-electron chi connectivity index (χ4n) is 2.14. The van der Waals surface area contributed by atoms with Crippen LogP contribution in [0.2, 0.25) is 0 Å². The van der Waals surface area contributed by atoms with Gasteiger partial charge >= 0.3 is 6.18 Å². The summed E-state index contributed by atoms with van der Waals surface area (Å²) in [6, 6.07) is 2.63. The molecule has 1 aromatic rings. The van der Waals surface area contributed by atoms with Gasteiger partial charge in [-0.1, -0.05) is 15.9 Å². The third-order valence-corrected chi connectivity index (χ3v) is 5.67. The van der Waals surface area contributed by atoms with Crippen molar-refractivity contribution in [1.82, 2.24) is 4.31 Å². The molecule has 0 amide bonds. The molecule has 1 fully saturated rings. The fourth-order valence-corrected chi connectivity index (χ4v) is 4.33. The van der Waals surface area contributed by atoms with Crippen LogP contribution < -0.4 is 5.73 Å². The van der Waals surface area contributed by atoms with Crippen molar-refractivity contribution in [3.05, 3.63) is 28.2 Å². The van der Waals surface area contributed by atoms with E-state index in [1.165, 1.54) is 10.4 Å². The fraction of sp³-hybridized carbons (Fsp3) is 0.500. The third kappa shape index (κ3) is 3.77. The van der Waals surface area contributed by atoms with Crippen molar-refractivity contribution in [2.75, 3.05) is 13.1 Å². The van der Waals surface area contributed by atoms with Gasteiger partial charge in [-0.3, -0.25) is 0 Å². The minimum atomic E-state index is -4.60. The Labute approximate surface area is 129 Å². The van der Waals surface area contributed by atoms with E-state index in [-0.39, 0.29) is 28.5 Å². The molecule has 0 bridgehead atoms. The predicted molar refractivity (Wildman–Crippen MR) is 75.1 cm³/mol. The summed E-state index contributed by atoms with van der Waals surface area (Å²) < 4.78 is 64.4. The summed E-state index contributed by atoms with van der Waals surface area (Å²) in [6.07, 6.45) is -3.60. The van der Waals surface area contributed by atoms with E-state index in [1.54, 1.807) is 0 Å². The molecule has 21 heavy (non-hydrogen) atoms. The third-order valence-electron chi connectivity index (χ3n) is 3.33. The molecule has 1 saturated heterocycles. The zero-order valence-electron chi connectivity index (χ0n) is 10.9. The van der Waals surface area contributed by atoms with Crippen LogP contribution in [0.25, 0.3) is 0 Å². The van der Waals surface area contributed by atoms with Crippen molar-refractivity contribution in [3.63, 3.8) is 0 Å². The topological polar surface area (TPSA) is 63.4 Å². The van der Waals surface area contributed by atoms with Gasteiger partial charge in [-0.2, -0.15) is 17.5 Å². The van der Waals surface area contributed by atoms with E-state index < -0.39 is 21.8 Å². The van der Waals surface area contributed by atoms with Crippen LogP contribution in [-0.2, 0) is 16.2 Å². The van der Waals surface area contributed by atoms with Crippen molar-refractivity contribution in [1.29, 1.82) is 0 Å². The Balaban J connectivity index is 2.38. The lowest BCUT2D eigenvalue weighted by atomic mass is 10.1. The Bertz CT molecular complexity index is 626. The number of alkyl halides is 3. The number of piperidine rings is 1. The molecule has 118 valence electrons. The summed E-state index contributed by atoms with van der Waals surface area (Å²) in [5.74, 6) is 0. The van der Waals surface area contributed by atoms with Gasteiger partial charge in [0.05, 0.1) is 10.5 Å². The molecule has 0 aliphatic carbocycles.